The summed E-state index contributed by atoms with van der Waals surface area (Å²) in [4.78, 5) is 11.0. The maximum absolute atomic E-state index is 11.9. The van der Waals surface area contributed by atoms with Crippen LogP contribution in [0.2, 0.25) is 0 Å². The van der Waals surface area contributed by atoms with Crippen molar-refractivity contribution in [1.82, 2.24) is 4.72 Å². The Morgan fingerprint density at radius 3 is 2.68 bits per heavy atom. The Labute approximate surface area is 115 Å². The molecule has 1 aromatic rings. The SMILES string of the molecule is CC(C)(C#N)CNS(=O)(=O)c1ccc(CC(=O)O)s1. The number of nitriles is 1. The molecule has 0 spiro atoms. The molecule has 104 valence electrons. The van der Waals surface area contributed by atoms with Crippen molar-refractivity contribution in [3.8, 4) is 6.07 Å². The van der Waals surface area contributed by atoms with Crippen molar-refractivity contribution in [2.45, 2.75) is 24.5 Å². The third kappa shape index (κ3) is 4.63. The summed E-state index contributed by atoms with van der Waals surface area (Å²) in [6.45, 7) is 3.25. The van der Waals surface area contributed by atoms with Gasteiger partial charge in [-0.2, -0.15) is 5.26 Å². The molecule has 0 unspecified atom stereocenters. The van der Waals surface area contributed by atoms with Crippen LogP contribution in [0.15, 0.2) is 16.3 Å². The van der Waals surface area contributed by atoms with Crippen LogP contribution in [0, 0.1) is 16.7 Å². The highest BCUT2D eigenvalue weighted by atomic mass is 32.2. The molecule has 0 aromatic carbocycles. The summed E-state index contributed by atoms with van der Waals surface area (Å²) in [6.07, 6.45) is -0.204. The zero-order valence-electron chi connectivity index (χ0n) is 10.5. The van der Waals surface area contributed by atoms with Crippen molar-refractivity contribution in [2.24, 2.45) is 5.41 Å². The van der Waals surface area contributed by atoms with E-state index in [1.54, 1.807) is 13.8 Å². The van der Waals surface area contributed by atoms with Gasteiger partial charge in [0, 0.05) is 11.4 Å². The van der Waals surface area contributed by atoms with Crippen molar-refractivity contribution < 1.29 is 18.3 Å². The second-order valence-electron chi connectivity index (χ2n) is 4.61. The van der Waals surface area contributed by atoms with Crippen LogP contribution in [0.25, 0.3) is 0 Å². The largest absolute Gasteiger partial charge is 0.481 e. The van der Waals surface area contributed by atoms with Crippen molar-refractivity contribution in [1.29, 1.82) is 5.26 Å². The Morgan fingerprint density at radius 2 is 2.16 bits per heavy atom. The van der Waals surface area contributed by atoms with Crippen LogP contribution in [0.1, 0.15) is 18.7 Å². The van der Waals surface area contributed by atoms with Gasteiger partial charge in [-0.1, -0.05) is 0 Å². The number of hydrogen-bond donors (Lipinski definition) is 2. The molecule has 0 amide bonds. The molecule has 0 aliphatic heterocycles. The molecule has 19 heavy (non-hydrogen) atoms. The Morgan fingerprint density at radius 1 is 1.53 bits per heavy atom. The molecule has 0 aliphatic rings. The predicted molar refractivity (Wildman–Crippen MR) is 70.2 cm³/mol. The number of hydrogen-bond acceptors (Lipinski definition) is 5. The summed E-state index contributed by atoms with van der Waals surface area (Å²) in [7, 11) is -3.69. The second kappa shape index (κ2) is 5.69. The van der Waals surface area contributed by atoms with Crippen LogP contribution < -0.4 is 4.72 Å². The van der Waals surface area contributed by atoms with E-state index < -0.39 is 21.4 Å². The Hall–Kier alpha value is -1.43. The minimum Gasteiger partial charge on any atom is -0.481 e. The summed E-state index contributed by atoms with van der Waals surface area (Å²) in [5, 5.41) is 17.4. The van der Waals surface area contributed by atoms with E-state index in [0.29, 0.717) is 4.88 Å². The monoisotopic (exact) mass is 302 g/mol. The van der Waals surface area contributed by atoms with Gasteiger partial charge in [0.05, 0.1) is 17.9 Å². The van der Waals surface area contributed by atoms with Crippen LogP contribution in [0.3, 0.4) is 0 Å². The van der Waals surface area contributed by atoms with Crippen LogP contribution in [0.5, 0.6) is 0 Å². The first kappa shape index (κ1) is 15.6. The molecule has 0 radical (unpaired) electrons. The molecule has 0 aliphatic carbocycles. The zero-order chi connectivity index (χ0) is 14.7. The maximum Gasteiger partial charge on any atom is 0.308 e. The number of sulfonamides is 1. The molecule has 1 heterocycles. The van der Waals surface area contributed by atoms with Crippen molar-refractivity contribution in [3.63, 3.8) is 0 Å². The van der Waals surface area contributed by atoms with E-state index in [1.807, 2.05) is 6.07 Å². The fraction of sp³-hybridized carbons (Fsp3) is 0.455. The lowest BCUT2D eigenvalue weighted by Gasteiger charge is -2.15. The van der Waals surface area contributed by atoms with Crippen LogP contribution in [-0.2, 0) is 21.2 Å². The standard InChI is InChI=1S/C11H14N2O4S2/c1-11(2,6-12)7-13-19(16,17)10-4-3-8(18-10)5-9(14)15/h3-4,13H,5,7H2,1-2H3,(H,14,15). The maximum atomic E-state index is 11.9. The first-order valence-corrected chi connectivity index (χ1v) is 7.68. The average molecular weight is 302 g/mol. The number of aliphatic carboxylic acids is 1. The Bertz CT molecular complexity index is 611. The average Bonchev–Trinajstić information content (AvgIpc) is 2.75. The fourth-order valence-electron chi connectivity index (χ4n) is 1.13. The van der Waals surface area contributed by atoms with E-state index >= 15 is 0 Å². The van der Waals surface area contributed by atoms with Crippen molar-refractivity contribution in [3.05, 3.63) is 17.0 Å². The van der Waals surface area contributed by atoms with Gasteiger partial charge in [-0.25, -0.2) is 13.1 Å². The highest BCUT2D eigenvalue weighted by molar-refractivity contribution is 7.91. The molecule has 1 aromatic heterocycles. The Balaban J connectivity index is 2.81. The van der Waals surface area contributed by atoms with E-state index in [0.717, 1.165) is 11.3 Å². The summed E-state index contributed by atoms with van der Waals surface area (Å²) in [5.41, 5.74) is -0.797. The van der Waals surface area contributed by atoms with Crippen molar-refractivity contribution >= 4 is 27.3 Å². The first-order valence-electron chi connectivity index (χ1n) is 5.38. The summed E-state index contributed by atoms with van der Waals surface area (Å²) < 4.78 is 26.3. The van der Waals surface area contributed by atoms with Crippen LogP contribution >= 0.6 is 11.3 Å². The highest BCUT2D eigenvalue weighted by Gasteiger charge is 2.23. The third-order valence-corrected chi connectivity index (χ3v) is 5.21. The fourth-order valence-corrected chi connectivity index (χ4v) is 3.74. The van der Waals surface area contributed by atoms with Gasteiger partial charge in [-0.05, 0) is 26.0 Å². The van der Waals surface area contributed by atoms with E-state index in [1.165, 1.54) is 12.1 Å². The minimum atomic E-state index is -3.69. The Kier molecular flexibility index (Phi) is 4.68. The highest BCUT2D eigenvalue weighted by Crippen LogP contribution is 2.22. The minimum absolute atomic E-state index is 0.00199. The van der Waals surface area contributed by atoms with Crippen LogP contribution in [0.4, 0.5) is 0 Å². The molecule has 1 rings (SSSR count). The number of carbonyl (C=O) groups is 1. The molecule has 8 heteroatoms. The molecule has 0 saturated carbocycles. The number of nitrogens with zero attached hydrogens (tertiary/aromatic N) is 1. The van der Waals surface area contributed by atoms with Gasteiger partial charge in [0.2, 0.25) is 10.0 Å². The van der Waals surface area contributed by atoms with E-state index in [2.05, 4.69) is 4.72 Å². The van der Waals surface area contributed by atoms with Gasteiger partial charge in [-0.3, -0.25) is 4.79 Å². The number of carboxylic acid groups (broad SMARTS) is 1. The van der Waals surface area contributed by atoms with Gasteiger partial charge in [-0.15, -0.1) is 11.3 Å². The summed E-state index contributed by atoms with van der Waals surface area (Å²) in [6, 6.07) is 4.84. The van der Waals surface area contributed by atoms with E-state index in [-0.39, 0.29) is 17.2 Å². The molecule has 0 fully saturated rings. The normalized spacial score (nSPS) is 12.1. The van der Waals surface area contributed by atoms with Crippen LogP contribution in [-0.4, -0.2) is 26.0 Å². The van der Waals surface area contributed by atoms with E-state index in [4.69, 9.17) is 10.4 Å². The number of carboxylic acids is 1. The summed E-state index contributed by atoms with van der Waals surface area (Å²) in [5.74, 6) is -1.01. The second-order valence-corrected chi connectivity index (χ2v) is 7.77. The first-order chi connectivity index (χ1) is 8.66. The molecule has 2 N–H and O–H groups in total. The molecular weight excluding hydrogens is 288 g/mol. The van der Waals surface area contributed by atoms with Gasteiger partial charge < -0.3 is 5.11 Å². The lowest BCUT2D eigenvalue weighted by atomic mass is 9.97. The summed E-state index contributed by atoms with van der Waals surface area (Å²) >= 11 is 0.912. The number of thiophene rings is 1. The molecule has 0 bridgehead atoms. The molecule has 6 nitrogen and oxygen atoms in total. The molecule has 0 atom stereocenters. The topological polar surface area (TPSA) is 107 Å². The molecule has 0 saturated heterocycles. The van der Waals surface area contributed by atoms with E-state index in [9.17, 15) is 13.2 Å². The molecular formula is C11H14N2O4S2. The van der Waals surface area contributed by atoms with Gasteiger partial charge >= 0.3 is 5.97 Å². The number of nitrogens with one attached hydrogen (secondary N) is 1. The smallest absolute Gasteiger partial charge is 0.308 e. The zero-order valence-corrected chi connectivity index (χ0v) is 12.1. The van der Waals surface area contributed by atoms with Crippen molar-refractivity contribution in [2.75, 3.05) is 6.54 Å². The van der Waals surface area contributed by atoms with Gasteiger partial charge in [0.15, 0.2) is 0 Å². The third-order valence-electron chi connectivity index (χ3n) is 2.23. The van der Waals surface area contributed by atoms with Gasteiger partial charge in [0.1, 0.15) is 4.21 Å². The number of rotatable bonds is 6. The lowest BCUT2D eigenvalue weighted by molar-refractivity contribution is -0.136. The predicted octanol–water partition coefficient (Wildman–Crippen LogP) is 1.20. The lowest BCUT2D eigenvalue weighted by Crippen LogP contribution is -2.32. The van der Waals surface area contributed by atoms with Gasteiger partial charge in [0.25, 0.3) is 0 Å². The quantitative estimate of drug-likeness (QED) is 0.821.